The normalized spacial score (nSPS) is 10.6. The summed E-state index contributed by atoms with van der Waals surface area (Å²) in [7, 11) is 0. The number of aryl methyl sites for hydroxylation is 1. The van der Waals surface area contributed by atoms with Crippen LogP contribution in [0.4, 0.5) is 0 Å². The van der Waals surface area contributed by atoms with Crippen molar-refractivity contribution in [3.63, 3.8) is 0 Å². The average Bonchev–Trinajstić information content (AvgIpc) is 2.47. The second kappa shape index (κ2) is 2.34. The topological polar surface area (TPSA) is 30.7 Å². The van der Waals surface area contributed by atoms with Crippen LogP contribution in [0.25, 0.3) is 11.2 Å². The minimum Gasteiger partial charge on any atom is -0.329 e. The minimum absolute atomic E-state index is 0.773. The van der Waals surface area contributed by atoms with E-state index in [-0.39, 0.29) is 0 Å². The summed E-state index contributed by atoms with van der Waals surface area (Å²) in [5.74, 6) is 0. The fraction of sp³-hybridized carbons (Fsp3) is 0.250. The Labute approximate surface area is 64.7 Å². The molecule has 0 saturated carbocycles. The van der Waals surface area contributed by atoms with Crippen molar-refractivity contribution in [2.24, 2.45) is 0 Å². The molecule has 2 aromatic rings. The Morgan fingerprint density at radius 2 is 2.45 bits per heavy atom. The van der Waals surface area contributed by atoms with Crippen LogP contribution in [0.3, 0.4) is 0 Å². The number of pyridine rings is 1. The molecule has 0 aromatic carbocycles. The predicted molar refractivity (Wildman–Crippen MR) is 42.0 cm³/mol. The summed E-state index contributed by atoms with van der Waals surface area (Å²) in [6.45, 7) is 2.99. The quantitative estimate of drug-likeness (QED) is 0.606. The molecule has 0 spiro atoms. The molecular weight excluding hydrogens is 138 g/mol. The molecule has 55 valence electrons. The molecule has 2 rings (SSSR count). The van der Waals surface area contributed by atoms with E-state index < -0.39 is 0 Å². The van der Waals surface area contributed by atoms with Crippen molar-refractivity contribution in [2.45, 2.75) is 13.5 Å². The summed E-state index contributed by atoms with van der Waals surface area (Å²) < 4.78 is 2.02. The molecule has 2 aromatic heterocycles. The number of nitrogens with zero attached hydrogens (tertiary/aromatic N) is 3. The SMILES string of the molecule is CCn1cnc2ncc[c]c21. The number of aromatic nitrogens is 3. The van der Waals surface area contributed by atoms with E-state index in [1.165, 1.54) is 0 Å². The van der Waals surface area contributed by atoms with Crippen molar-refractivity contribution in [1.29, 1.82) is 0 Å². The highest BCUT2D eigenvalue weighted by molar-refractivity contribution is 5.69. The zero-order valence-electron chi connectivity index (χ0n) is 6.28. The lowest BCUT2D eigenvalue weighted by Crippen LogP contribution is -1.90. The van der Waals surface area contributed by atoms with Crippen LogP contribution in [0.1, 0.15) is 6.92 Å². The molecule has 2 heterocycles. The number of hydrogen-bond acceptors (Lipinski definition) is 2. The number of hydrogen-bond donors (Lipinski definition) is 0. The van der Waals surface area contributed by atoms with Gasteiger partial charge in [0.05, 0.1) is 11.8 Å². The van der Waals surface area contributed by atoms with Gasteiger partial charge < -0.3 is 4.57 Å². The third kappa shape index (κ3) is 0.888. The molecule has 3 heteroatoms. The van der Waals surface area contributed by atoms with Crippen LogP contribution in [0.2, 0.25) is 0 Å². The second-order valence-corrected chi connectivity index (χ2v) is 2.29. The van der Waals surface area contributed by atoms with Crippen LogP contribution in [-0.2, 0) is 6.54 Å². The maximum atomic E-state index is 4.11. The molecule has 0 unspecified atom stereocenters. The smallest absolute Gasteiger partial charge is 0.178 e. The van der Waals surface area contributed by atoms with Crippen molar-refractivity contribution < 1.29 is 0 Å². The van der Waals surface area contributed by atoms with E-state index in [0.717, 1.165) is 17.7 Å². The molecule has 11 heavy (non-hydrogen) atoms. The molecule has 3 nitrogen and oxygen atoms in total. The molecule has 0 aliphatic carbocycles. The Morgan fingerprint density at radius 3 is 3.27 bits per heavy atom. The van der Waals surface area contributed by atoms with Gasteiger partial charge in [-0.3, -0.25) is 0 Å². The summed E-state index contributed by atoms with van der Waals surface area (Å²) in [5.41, 5.74) is 1.75. The van der Waals surface area contributed by atoms with Crippen LogP contribution in [0.15, 0.2) is 18.6 Å². The molecule has 1 radical (unpaired) electrons. The molecule has 0 fully saturated rings. The molecule has 0 N–H and O–H groups in total. The lowest BCUT2D eigenvalue weighted by molar-refractivity contribution is 0.786. The Bertz CT molecular complexity index is 364. The third-order valence-corrected chi connectivity index (χ3v) is 1.65. The van der Waals surface area contributed by atoms with Gasteiger partial charge in [0.1, 0.15) is 0 Å². The van der Waals surface area contributed by atoms with Gasteiger partial charge >= 0.3 is 0 Å². The van der Waals surface area contributed by atoms with Crippen molar-refractivity contribution in [2.75, 3.05) is 0 Å². The summed E-state index contributed by atoms with van der Waals surface area (Å²) in [4.78, 5) is 8.20. The number of fused-ring (bicyclic) bond motifs is 1. The fourth-order valence-corrected chi connectivity index (χ4v) is 1.08. The van der Waals surface area contributed by atoms with E-state index in [2.05, 4.69) is 23.0 Å². The predicted octanol–water partition coefficient (Wildman–Crippen LogP) is 1.25. The summed E-state index contributed by atoms with van der Waals surface area (Å²) in [6.07, 6.45) is 3.49. The highest BCUT2D eigenvalue weighted by Crippen LogP contribution is 2.06. The minimum atomic E-state index is 0.773. The lowest BCUT2D eigenvalue weighted by atomic mass is 10.4. The van der Waals surface area contributed by atoms with E-state index in [9.17, 15) is 0 Å². The fourth-order valence-electron chi connectivity index (χ4n) is 1.08. The van der Waals surface area contributed by atoms with Crippen molar-refractivity contribution >= 4 is 11.2 Å². The first-order chi connectivity index (χ1) is 5.42. The molecule has 0 amide bonds. The van der Waals surface area contributed by atoms with E-state index in [1.54, 1.807) is 18.6 Å². The van der Waals surface area contributed by atoms with Crippen LogP contribution in [0, 0.1) is 6.07 Å². The molecular formula is C8H8N3. The first-order valence-electron chi connectivity index (χ1n) is 3.59. The molecule has 0 saturated heterocycles. The third-order valence-electron chi connectivity index (χ3n) is 1.65. The Morgan fingerprint density at radius 1 is 1.55 bits per heavy atom. The van der Waals surface area contributed by atoms with Gasteiger partial charge in [-0.2, -0.15) is 0 Å². The maximum Gasteiger partial charge on any atom is 0.178 e. The monoisotopic (exact) mass is 146 g/mol. The maximum absolute atomic E-state index is 4.11. The van der Waals surface area contributed by atoms with Gasteiger partial charge in [0.2, 0.25) is 0 Å². The van der Waals surface area contributed by atoms with Crippen LogP contribution >= 0.6 is 0 Å². The molecule has 0 aliphatic heterocycles. The van der Waals surface area contributed by atoms with Gasteiger partial charge in [0.15, 0.2) is 5.65 Å². The van der Waals surface area contributed by atoms with Gasteiger partial charge in [-0.1, -0.05) is 0 Å². The van der Waals surface area contributed by atoms with E-state index >= 15 is 0 Å². The number of imidazole rings is 1. The van der Waals surface area contributed by atoms with Gasteiger partial charge in [0.25, 0.3) is 0 Å². The average molecular weight is 146 g/mol. The Kier molecular flexibility index (Phi) is 1.35. The first kappa shape index (κ1) is 6.34. The standard InChI is InChI=1S/C8H8N3/c1-2-11-6-10-8-7(11)4-3-5-9-8/h3,5-6H,2H2,1H3. The van der Waals surface area contributed by atoms with Crippen molar-refractivity contribution in [3.8, 4) is 0 Å². The van der Waals surface area contributed by atoms with Crippen LogP contribution in [-0.4, -0.2) is 14.5 Å². The Hall–Kier alpha value is -1.38. The summed E-state index contributed by atoms with van der Waals surface area (Å²) in [5, 5.41) is 0. The van der Waals surface area contributed by atoms with E-state index in [1.807, 2.05) is 4.57 Å². The summed E-state index contributed by atoms with van der Waals surface area (Å²) in [6, 6.07) is 4.89. The molecule has 0 bridgehead atoms. The van der Waals surface area contributed by atoms with Crippen molar-refractivity contribution in [3.05, 3.63) is 24.7 Å². The zero-order chi connectivity index (χ0) is 7.68. The largest absolute Gasteiger partial charge is 0.329 e. The van der Waals surface area contributed by atoms with Gasteiger partial charge in [-0.15, -0.1) is 0 Å². The van der Waals surface area contributed by atoms with Crippen molar-refractivity contribution in [1.82, 2.24) is 14.5 Å². The molecule has 0 atom stereocenters. The second-order valence-electron chi connectivity index (χ2n) is 2.29. The van der Waals surface area contributed by atoms with Crippen LogP contribution in [0.5, 0.6) is 0 Å². The highest BCUT2D eigenvalue weighted by Gasteiger charge is 1.98. The lowest BCUT2D eigenvalue weighted by Gasteiger charge is -1.94. The van der Waals surface area contributed by atoms with Gasteiger partial charge in [-0.25, -0.2) is 9.97 Å². The number of rotatable bonds is 1. The zero-order valence-corrected chi connectivity index (χ0v) is 6.28. The molecule has 0 aliphatic rings. The van der Waals surface area contributed by atoms with E-state index in [0.29, 0.717) is 0 Å². The van der Waals surface area contributed by atoms with Gasteiger partial charge in [-0.05, 0) is 13.0 Å². The summed E-state index contributed by atoms with van der Waals surface area (Å²) >= 11 is 0. The highest BCUT2D eigenvalue weighted by atomic mass is 15.1. The van der Waals surface area contributed by atoms with Crippen LogP contribution < -0.4 is 0 Å². The van der Waals surface area contributed by atoms with E-state index in [4.69, 9.17) is 0 Å². The Balaban J connectivity index is 2.76. The first-order valence-corrected chi connectivity index (χ1v) is 3.59. The van der Waals surface area contributed by atoms with Gasteiger partial charge in [0, 0.05) is 18.8 Å².